The largest absolute Gasteiger partial charge is 0.504 e. The van der Waals surface area contributed by atoms with E-state index in [0.717, 1.165) is 29.8 Å². The Hall–Kier alpha value is -4.82. The van der Waals surface area contributed by atoms with E-state index < -0.39 is 35.2 Å². The minimum absolute atomic E-state index is 0.0270. The van der Waals surface area contributed by atoms with Crippen molar-refractivity contribution in [2.24, 2.45) is 0 Å². The molecule has 5 rings (SSSR count). The Balaban J connectivity index is 1.43. The Morgan fingerprint density at radius 3 is 2.36 bits per heavy atom. The van der Waals surface area contributed by atoms with Crippen LogP contribution in [0.2, 0.25) is 0 Å². The average molecular weight is 593 g/mol. The van der Waals surface area contributed by atoms with Crippen molar-refractivity contribution in [3.8, 4) is 17.2 Å². The van der Waals surface area contributed by atoms with Crippen molar-refractivity contribution in [2.75, 3.05) is 19.0 Å². The third-order valence-corrected chi connectivity index (χ3v) is 6.81. The molecule has 42 heavy (non-hydrogen) atoms. The highest BCUT2D eigenvalue weighted by atomic mass is 19.4. The first-order valence-electron chi connectivity index (χ1n) is 12.4. The number of benzene rings is 2. The van der Waals surface area contributed by atoms with Crippen molar-refractivity contribution in [2.45, 2.75) is 30.9 Å². The fourth-order valence-corrected chi connectivity index (χ4v) is 4.52. The number of aromatic nitrogens is 4. The Labute approximate surface area is 234 Å². The standard InChI is InChI=1S/C27H22F6N6O3/c1-3-25(12-13-38(24(25)40)14-16-4-10-19(41-2)11-5-16)23-36-35-22(42-23)20-15-39(27(31,32)33)37-21(20)34-18-8-6-17(7-9-18)26(28,29)30/h3-11,15H,1,12-14H2,2H3,(H,34,37)/t25-/m0/s1. The maximum atomic E-state index is 13.5. The number of likely N-dealkylation sites (tertiary alicyclic amines) is 1. The van der Waals surface area contributed by atoms with E-state index in [-0.39, 0.29) is 40.7 Å². The van der Waals surface area contributed by atoms with Crippen LogP contribution in [-0.4, -0.2) is 44.4 Å². The van der Waals surface area contributed by atoms with E-state index in [1.54, 1.807) is 17.0 Å². The monoisotopic (exact) mass is 592 g/mol. The highest BCUT2D eigenvalue weighted by molar-refractivity contribution is 5.91. The quantitative estimate of drug-likeness (QED) is 0.197. The van der Waals surface area contributed by atoms with Crippen LogP contribution in [0.15, 0.2) is 71.8 Å². The summed E-state index contributed by atoms with van der Waals surface area (Å²) in [5, 5.41) is 13.9. The fraction of sp³-hybridized carbons (Fsp3) is 0.259. The first-order valence-corrected chi connectivity index (χ1v) is 12.4. The molecule has 0 saturated carbocycles. The predicted molar refractivity (Wildman–Crippen MR) is 136 cm³/mol. The molecule has 1 atom stereocenters. The number of amides is 1. The second-order valence-electron chi connectivity index (χ2n) is 9.42. The van der Waals surface area contributed by atoms with Crippen LogP contribution in [-0.2, 0) is 29.2 Å². The number of halogens is 6. The molecule has 1 amide bonds. The molecule has 9 nitrogen and oxygen atoms in total. The number of alkyl halides is 6. The second kappa shape index (κ2) is 10.5. The smallest absolute Gasteiger partial charge is 0.497 e. The molecule has 0 unspecified atom stereocenters. The molecule has 2 aromatic carbocycles. The lowest BCUT2D eigenvalue weighted by molar-refractivity contribution is -0.212. The van der Waals surface area contributed by atoms with Crippen LogP contribution in [0.5, 0.6) is 5.75 Å². The highest BCUT2D eigenvalue weighted by Gasteiger charge is 2.50. The van der Waals surface area contributed by atoms with Gasteiger partial charge in [0.25, 0.3) is 5.89 Å². The molecule has 0 aliphatic carbocycles. The number of anilines is 2. The number of carbonyl (C=O) groups is 1. The number of hydrogen-bond acceptors (Lipinski definition) is 7. The molecule has 2 aromatic heterocycles. The minimum Gasteiger partial charge on any atom is -0.497 e. The summed E-state index contributed by atoms with van der Waals surface area (Å²) < 4.78 is 89.9. The summed E-state index contributed by atoms with van der Waals surface area (Å²) in [6.07, 6.45) is -7.34. The summed E-state index contributed by atoms with van der Waals surface area (Å²) in [7, 11) is 1.54. The maximum absolute atomic E-state index is 13.5. The van der Waals surface area contributed by atoms with Crippen molar-refractivity contribution in [3.63, 3.8) is 0 Å². The highest BCUT2D eigenvalue weighted by Crippen LogP contribution is 2.40. The summed E-state index contributed by atoms with van der Waals surface area (Å²) in [5.41, 5.74) is -1.77. The van der Waals surface area contributed by atoms with Crippen molar-refractivity contribution in [3.05, 3.63) is 84.4 Å². The zero-order chi connectivity index (χ0) is 30.3. The van der Waals surface area contributed by atoms with Crippen LogP contribution < -0.4 is 10.1 Å². The van der Waals surface area contributed by atoms with Crippen LogP contribution in [0.4, 0.5) is 37.8 Å². The minimum atomic E-state index is -4.93. The first-order chi connectivity index (χ1) is 19.8. The van der Waals surface area contributed by atoms with E-state index in [4.69, 9.17) is 9.15 Å². The van der Waals surface area contributed by atoms with Crippen LogP contribution in [0.3, 0.4) is 0 Å². The van der Waals surface area contributed by atoms with E-state index in [9.17, 15) is 31.1 Å². The van der Waals surface area contributed by atoms with Gasteiger partial charge in [-0.25, -0.2) is 0 Å². The van der Waals surface area contributed by atoms with Gasteiger partial charge in [0.15, 0.2) is 5.82 Å². The molecule has 1 N–H and O–H groups in total. The first kappa shape index (κ1) is 28.7. The topological polar surface area (TPSA) is 98.3 Å². The normalized spacial score (nSPS) is 17.5. The van der Waals surface area contributed by atoms with Gasteiger partial charge >= 0.3 is 12.5 Å². The van der Waals surface area contributed by atoms with Gasteiger partial charge in [0, 0.05) is 25.0 Å². The van der Waals surface area contributed by atoms with Crippen LogP contribution >= 0.6 is 0 Å². The summed E-state index contributed by atoms with van der Waals surface area (Å²) in [4.78, 5) is 15.1. The Morgan fingerprint density at radius 1 is 1.07 bits per heavy atom. The van der Waals surface area contributed by atoms with Gasteiger partial charge in [-0.15, -0.1) is 35.0 Å². The van der Waals surface area contributed by atoms with Crippen molar-refractivity contribution in [1.82, 2.24) is 24.9 Å². The molecule has 15 heteroatoms. The van der Waals surface area contributed by atoms with E-state index in [2.05, 4.69) is 27.2 Å². The molecule has 1 saturated heterocycles. The van der Waals surface area contributed by atoms with Crippen LogP contribution in [0, 0.1) is 0 Å². The third kappa shape index (κ3) is 5.41. The van der Waals surface area contributed by atoms with Gasteiger partial charge in [0.2, 0.25) is 11.8 Å². The second-order valence-corrected chi connectivity index (χ2v) is 9.42. The zero-order valence-corrected chi connectivity index (χ0v) is 21.8. The van der Waals surface area contributed by atoms with Gasteiger partial charge in [-0.2, -0.15) is 17.9 Å². The van der Waals surface area contributed by atoms with Crippen LogP contribution in [0.25, 0.3) is 11.5 Å². The zero-order valence-electron chi connectivity index (χ0n) is 21.8. The summed E-state index contributed by atoms with van der Waals surface area (Å²) in [6.45, 7) is 4.37. The molecule has 1 aliphatic rings. The van der Waals surface area contributed by atoms with Gasteiger partial charge < -0.3 is 19.4 Å². The van der Waals surface area contributed by atoms with Crippen LogP contribution in [0.1, 0.15) is 23.4 Å². The van der Waals surface area contributed by atoms with Gasteiger partial charge in [-0.05, 0) is 48.4 Å². The number of ether oxygens (including phenoxy) is 1. The van der Waals surface area contributed by atoms with Gasteiger partial charge in [0.1, 0.15) is 16.7 Å². The number of hydrogen-bond donors (Lipinski definition) is 1. The molecule has 0 spiro atoms. The molecule has 0 radical (unpaired) electrons. The molecule has 1 aliphatic heterocycles. The number of carbonyl (C=O) groups excluding carboxylic acids is 1. The van der Waals surface area contributed by atoms with Crippen molar-refractivity contribution < 1.29 is 40.3 Å². The molecule has 4 aromatic rings. The Morgan fingerprint density at radius 2 is 1.76 bits per heavy atom. The third-order valence-electron chi connectivity index (χ3n) is 6.81. The summed E-state index contributed by atoms with van der Waals surface area (Å²) >= 11 is 0. The van der Waals surface area contributed by atoms with E-state index in [1.165, 1.54) is 13.2 Å². The maximum Gasteiger partial charge on any atom is 0.504 e. The van der Waals surface area contributed by atoms with Gasteiger partial charge in [-0.1, -0.05) is 18.2 Å². The van der Waals surface area contributed by atoms with E-state index in [1.807, 2.05) is 12.1 Å². The molecule has 220 valence electrons. The average Bonchev–Trinajstić information content (AvgIpc) is 3.67. The fourth-order valence-electron chi connectivity index (χ4n) is 4.52. The van der Waals surface area contributed by atoms with Gasteiger partial charge in [-0.3, -0.25) is 4.79 Å². The summed E-state index contributed by atoms with van der Waals surface area (Å²) in [6, 6.07) is 10.8. The van der Waals surface area contributed by atoms with Crippen molar-refractivity contribution in [1.29, 1.82) is 0 Å². The number of nitrogens with one attached hydrogen (secondary N) is 1. The summed E-state index contributed by atoms with van der Waals surface area (Å²) in [5.74, 6) is -0.690. The SMILES string of the molecule is C=C[C@@]1(c2nnc(-c3cn(C(F)(F)F)nc3Nc3ccc(C(F)(F)F)cc3)o2)CCN(Cc2ccc(OC)cc2)C1=O. The lowest BCUT2D eigenvalue weighted by Gasteiger charge is -2.21. The number of rotatable bonds is 8. The Bertz CT molecular complexity index is 1590. The molecular formula is C27H22F6N6O3. The predicted octanol–water partition coefficient (Wildman–Crippen LogP) is 6.04. The lowest BCUT2D eigenvalue weighted by atomic mass is 9.86. The molecule has 1 fully saturated rings. The molecule has 3 heterocycles. The molecular weight excluding hydrogens is 570 g/mol. The number of nitrogens with zero attached hydrogens (tertiary/aromatic N) is 5. The Kier molecular flexibility index (Phi) is 7.20. The van der Waals surface area contributed by atoms with E-state index in [0.29, 0.717) is 18.5 Å². The van der Waals surface area contributed by atoms with E-state index >= 15 is 0 Å². The number of methoxy groups -OCH3 is 1. The van der Waals surface area contributed by atoms with Crippen molar-refractivity contribution >= 4 is 17.4 Å². The van der Waals surface area contributed by atoms with Gasteiger partial charge in [0.05, 0.1) is 12.7 Å². The molecule has 0 bridgehead atoms. The lowest BCUT2D eigenvalue weighted by Crippen LogP contribution is -2.36.